The van der Waals surface area contributed by atoms with Crippen molar-refractivity contribution in [2.75, 3.05) is 46.0 Å². The molecular formula is C21H33N3O4S. The number of nitrogens with zero attached hydrogens (tertiary/aromatic N) is 2. The van der Waals surface area contributed by atoms with Gasteiger partial charge in [0.25, 0.3) is 0 Å². The number of sulfonamides is 1. The highest BCUT2D eigenvalue weighted by molar-refractivity contribution is 7.88. The van der Waals surface area contributed by atoms with Crippen molar-refractivity contribution in [1.82, 2.24) is 14.5 Å². The van der Waals surface area contributed by atoms with Gasteiger partial charge >= 0.3 is 0 Å². The van der Waals surface area contributed by atoms with Crippen molar-refractivity contribution < 1.29 is 18.3 Å². The van der Waals surface area contributed by atoms with Gasteiger partial charge in [-0.25, -0.2) is 12.7 Å². The molecule has 1 aromatic carbocycles. The standard InChI is InChI=1S/C21H33N3O4S/c1-22-20(25)19-14-23(12-13-24(15-19)29(2,27)28)16-21(26)10-8-18(9-11-21)17-6-4-3-5-7-17/h3-7,18-19,26H,8-16H2,1-2H3,(H,22,25). The van der Waals surface area contributed by atoms with E-state index in [1.54, 1.807) is 7.05 Å². The first-order chi connectivity index (χ1) is 13.7. The van der Waals surface area contributed by atoms with Crippen molar-refractivity contribution in [2.24, 2.45) is 5.92 Å². The molecular weight excluding hydrogens is 390 g/mol. The first kappa shape index (κ1) is 22.2. The number of aliphatic hydroxyl groups is 1. The zero-order valence-electron chi connectivity index (χ0n) is 17.4. The third kappa shape index (κ3) is 5.78. The van der Waals surface area contributed by atoms with Crippen LogP contribution in [0, 0.1) is 5.92 Å². The molecule has 1 saturated heterocycles. The monoisotopic (exact) mass is 423 g/mol. The second-order valence-electron chi connectivity index (χ2n) is 8.58. The van der Waals surface area contributed by atoms with E-state index in [4.69, 9.17) is 0 Å². The Morgan fingerprint density at radius 3 is 2.41 bits per heavy atom. The summed E-state index contributed by atoms with van der Waals surface area (Å²) < 4.78 is 25.5. The highest BCUT2D eigenvalue weighted by Gasteiger charge is 2.38. The molecule has 0 bridgehead atoms. The topological polar surface area (TPSA) is 90.0 Å². The SMILES string of the molecule is CNC(=O)C1CN(CC2(O)CCC(c3ccccc3)CC2)CCN(S(C)(=O)=O)C1. The fourth-order valence-electron chi connectivity index (χ4n) is 4.65. The minimum atomic E-state index is -3.37. The lowest BCUT2D eigenvalue weighted by Gasteiger charge is -2.39. The maximum absolute atomic E-state index is 12.3. The molecule has 0 spiro atoms. The van der Waals surface area contributed by atoms with Crippen LogP contribution >= 0.6 is 0 Å². The predicted octanol–water partition coefficient (Wildman–Crippen LogP) is 1.01. The van der Waals surface area contributed by atoms with Gasteiger partial charge in [0.1, 0.15) is 0 Å². The van der Waals surface area contributed by atoms with E-state index in [0.29, 0.717) is 44.9 Å². The van der Waals surface area contributed by atoms with Crippen molar-refractivity contribution in [3.05, 3.63) is 35.9 Å². The van der Waals surface area contributed by atoms with Gasteiger partial charge in [-0.15, -0.1) is 0 Å². The predicted molar refractivity (Wildman–Crippen MR) is 113 cm³/mol. The summed E-state index contributed by atoms with van der Waals surface area (Å²) in [7, 11) is -1.80. The Morgan fingerprint density at radius 1 is 1.17 bits per heavy atom. The molecule has 0 radical (unpaired) electrons. The van der Waals surface area contributed by atoms with Crippen molar-refractivity contribution in [3.63, 3.8) is 0 Å². The van der Waals surface area contributed by atoms with E-state index in [1.165, 1.54) is 16.1 Å². The fourth-order valence-corrected chi connectivity index (χ4v) is 5.52. The van der Waals surface area contributed by atoms with Gasteiger partial charge in [0.2, 0.25) is 15.9 Å². The lowest BCUT2D eigenvalue weighted by atomic mass is 9.76. The maximum Gasteiger partial charge on any atom is 0.225 e. The van der Waals surface area contributed by atoms with Crippen LogP contribution in [0.3, 0.4) is 0 Å². The average molecular weight is 424 g/mol. The second kappa shape index (κ2) is 9.12. The highest BCUT2D eigenvalue weighted by atomic mass is 32.2. The lowest BCUT2D eigenvalue weighted by molar-refractivity contribution is -0.125. The number of nitrogens with one attached hydrogen (secondary N) is 1. The minimum Gasteiger partial charge on any atom is -0.389 e. The van der Waals surface area contributed by atoms with Crippen LogP contribution in [0.2, 0.25) is 0 Å². The molecule has 1 aromatic rings. The van der Waals surface area contributed by atoms with Gasteiger partial charge in [-0.2, -0.15) is 0 Å². The summed E-state index contributed by atoms with van der Waals surface area (Å²) in [5, 5.41) is 13.9. The van der Waals surface area contributed by atoms with E-state index in [-0.39, 0.29) is 12.5 Å². The molecule has 7 nitrogen and oxygen atoms in total. The number of carbonyl (C=O) groups excluding carboxylic acids is 1. The van der Waals surface area contributed by atoms with Crippen LogP contribution in [-0.2, 0) is 14.8 Å². The summed E-state index contributed by atoms with van der Waals surface area (Å²) in [5.41, 5.74) is 0.534. The van der Waals surface area contributed by atoms with Gasteiger partial charge in [-0.05, 0) is 37.2 Å². The first-order valence-corrected chi connectivity index (χ1v) is 12.2. The van der Waals surface area contributed by atoms with Crippen molar-refractivity contribution in [1.29, 1.82) is 0 Å². The molecule has 1 unspecified atom stereocenters. The highest BCUT2D eigenvalue weighted by Crippen LogP contribution is 2.38. The van der Waals surface area contributed by atoms with E-state index in [2.05, 4.69) is 34.5 Å². The minimum absolute atomic E-state index is 0.162. The summed E-state index contributed by atoms with van der Waals surface area (Å²) in [4.78, 5) is 14.4. The number of rotatable bonds is 5. The first-order valence-electron chi connectivity index (χ1n) is 10.4. The van der Waals surface area contributed by atoms with Crippen LogP contribution in [0.25, 0.3) is 0 Å². The molecule has 1 aliphatic carbocycles. The molecule has 1 saturated carbocycles. The van der Waals surface area contributed by atoms with E-state index in [9.17, 15) is 18.3 Å². The van der Waals surface area contributed by atoms with Crippen LogP contribution in [0.5, 0.6) is 0 Å². The molecule has 162 valence electrons. The van der Waals surface area contributed by atoms with Crippen molar-refractivity contribution >= 4 is 15.9 Å². The Labute approximate surface area is 174 Å². The Kier molecular flexibility index (Phi) is 6.98. The molecule has 0 aromatic heterocycles. The Balaban J connectivity index is 1.64. The lowest BCUT2D eigenvalue weighted by Crippen LogP contribution is -2.48. The molecule has 3 rings (SSSR count). The Bertz CT molecular complexity index is 791. The van der Waals surface area contributed by atoms with Crippen LogP contribution < -0.4 is 5.32 Å². The molecule has 1 aliphatic heterocycles. The molecule has 8 heteroatoms. The van der Waals surface area contributed by atoms with E-state index < -0.39 is 21.5 Å². The summed E-state index contributed by atoms with van der Waals surface area (Å²) in [5.74, 6) is -0.133. The van der Waals surface area contributed by atoms with Crippen LogP contribution in [0.1, 0.15) is 37.2 Å². The molecule has 2 N–H and O–H groups in total. The largest absolute Gasteiger partial charge is 0.389 e. The van der Waals surface area contributed by atoms with Crippen molar-refractivity contribution in [3.8, 4) is 0 Å². The smallest absolute Gasteiger partial charge is 0.225 e. The van der Waals surface area contributed by atoms with Crippen LogP contribution in [0.4, 0.5) is 0 Å². The van der Waals surface area contributed by atoms with E-state index in [0.717, 1.165) is 12.8 Å². The molecule has 2 aliphatic rings. The quantitative estimate of drug-likeness (QED) is 0.738. The van der Waals surface area contributed by atoms with Gasteiger partial charge in [0, 0.05) is 39.8 Å². The fraction of sp³-hybridized carbons (Fsp3) is 0.667. The maximum atomic E-state index is 12.3. The third-order valence-electron chi connectivity index (χ3n) is 6.36. The molecule has 2 fully saturated rings. The molecule has 1 atom stereocenters. The van der Waals surface area contributed by atoms with E-state index in [1.807, 2.05) is 6.07 Å². The summed E-state index contributed by atoms with van der Waals surface area (Å²) in [6, 6.07) is 10.4. The number of hydrogen-bond donors (Lipinski definition) is 2. The summed E-state index contributed by atoms with van der Waals surface area (Å²) in [6.07, 6.45) is 4.47. The third-order valence-corrected chi connectivity index (χ3v) is 7.63. The van der Waals surface area contributed by atoms with Gasteiger partial charge < -0.3 is 10.4 Å². The molecule has 1 amide bonds. The van der Waals surface area contributed by atoms with Crippen LogP contribution in [-0.4, -0.2) is 80.3 Å². The molecule has 1 heterocycles. The Morgan fingerprint density at radius 2 is 1.83 bits per heavy atom. The number of amides is 1. The number of benzene rings is 1. The van der Waals surface area contributed by atoms with Gasteiger partial charge in [0.15, 0.2) is 0 Å². The van der Waals surface area contributed by atoms with E-state index >= 15 is 0 Å². The number of hydrogen-bond acceptors (Lipinski definition) is 5. The number of β-amino-alcohol motifs (C(OH)–C–C–N with tert-alkyl or cyclic N) is 1. The van der Waals surface area contributed by atoms with Crippen LogP contribution in [0.15, 0.2) is 30.3 Å². The van der Waals surface area contributed by atoms with Gasteiger partial charge in [0.05, 0.1) is 17.8 Å². The summed E-state index contributed by atoms with van der Waals surface area (Å²) in [6.45, 7) is 1.97. The normalized spacial score (nSPS) is 29.9. The molecule has 29 heavy (non-hydrogen) atoms. The van der Waals surface area contributed by atoms with Gasteiger partial charge in [-0.1, -0.05) is 30.3 Å². The van der Waals surface area contributed by atoms with Crippen molar-refractivity contribution in [2.45, 2.75) is 37.2 Å². The average Bonchev–Trinajstić information content (AvgIpc) is 2.91. The zero-order chi connectivity index (χ0) is 21.1. The number of carbonyl (C=O) groups is 1. The van der Waals surface area contributed by atoms with Gasteiger partial charge in [-0.3, -0.25) is 9.69 Å². The summed E-state index contributed by atoms with van der Waals surface area (Å²) >= 11 is 0. The zero-order valence-corrected chi connectivity index (χ0v) is 18.2. The Hall–Kier alpha value is -1.48. The second-order valence-corrected chi connectivity index (χ2v) is 10.6.